The second-order valence-corrected chi connectivity index (χ2v) is 5.21. The second kappa shape index (κ2) is 6.33. The van der Waals surface area contributed by atoms with Crippen molar-refractivity contribution in [3.8, 4) is 0 Å². The molecule has 5 nitrogen and oxygen atoms in total. The minimum atomic E-state index is 0.173. The lowest BCUT2D eigenvalue weighted by atomic mass is 9.92. The van der Waals surface area contributed by atoms with Crippen LogP contribution in [0.1, 0.15) is 25.7 Å². The van der Waals surface area contributed by atoms with Gasteiger partial charge in [-0.3, -0.25) is 9.69 Å². The number of amides is 1. The molecular formula is C12H24N4O. The number of hydrogen-bond acceptors (Lipinski definition) is 4. The zero-order valence-corrected chi connectivity index (χ0v) is 10.5. The molecule has 2 rings (SSSR count). The molecule has 17 heavy (non-hydrogen) atoms. The van der Waals surface area contributed by atoms with Crippen LogP contribution < -0.4 is 16.4 Å². The summed E-state index contributed by atoms with van der Waals surface area (Å²) >= 11 is 0. The third-order valence-corrected chi connectivity index (χ3v) is 3.71. The number of carbonyl (C=O) groups is 1. The smallest absolute Gasteiger partial charge is 0.234 e. The number of piperazine rings is 1. The SMILES string of the molecule is NC1CCC(NC(=O)CN2CCNCC2)CC1. The normalized spacial score (nSPS) is 31.1. The van der Waals surface area contributed by atoms with Gasteiger partial charge in [-0.15, -0.1) is 0 Å². The highest BCUT2D eigenvalue weighted by Gasteiger charge is 2.21. The Hall–Kier alpha value is -0.650. The van der Waals surface area contributed by atoms with Crippen LogP contribution in [0.5, 0.6) is 0 Å². The van der Waals surface area contributed by atoms with Gasteiger partial charge in [-0.05, 0) is 25.7 Å². The molecule has 2 aliphatic rings. The largest absolute Gasteiger partial charge is 0.352 e. The van der Waals surface area contributed by atoms with Crippen LogP contribution in [0, 0.1) is 0 Å². The van der Waals surface area contributed by atoms with E-state index in [4.69, 9.17) is 5.73 Å². The van der Waals surface area contributed by atoms with E-state index >= 15 is 0 Å². The van der Waals surface area contributed by atoms with Crippen LogP contribution >= 0.6 is 0 Å². The van der Waals surface area contributed by atoms with Crippen LogP contribution in [0.15, 0.2) is 0 Å². The quantitative estimate of drug-likeness (QED) is 0.609. The maximum atomic E-state index is 11.9. The monoisotopic (exact) mass is 240 g/mol. The molecule has 1 aliphatic heterocycles. The molecule has 0 aromatic carbocycles. The van der Waals surface area contributed by atoms with Gasteiger partial charge >= 0.3 is 0 Å². The molecule has 0 radical (unpaired) electrons. The van der Waals surface area contributed by atoms with Crippen LogP contribution in [0.4, 0.5) is 0 Å². The molecule has 0 aromatic rings. The Morgan fingerprint density at radius 3 is 2.53 bits per heavy atom. The van der Waals surface area contributed by atoms with E-state index in [0.29, 0.717) is 18.6 Å². The molecule has 1 saturated carbocycles. The van der Waals surface area contributed by atoms with Crippen molar-refractivity contribution in [1.82, 2.24) is 15.5 Å². The number of rotatable bonds is 3. The summed E-state index contributed by atoms with van der Waals surface area (Å²) in [6.07, 6.45) is 4.15. The lowest BCUT2D eigenvalue weighted by molar-refractivity contribution is -0.123. The average molecular weight is 240 g/mol. The first-order valence-corrected chi connectivity index (χ1v) is 6.72. The fourth-order valence-electron chi connectivity index (χ4n) is 2.61. The minimum absolute atomic E-state index is 0.173. The van der Waals surface area contributed by atoms with Crippen molar-refractivity contribution < 1.29 is 4.79 Å². The van der Waals surface area contributed by atoms with Crippen molar-refractivity contribution in [2.45, 2.75) is 37.8 Å². The summed E-state index contributed by atoms with van der Waals surface area (Å²) in [6.45, 7) is 4.48. The summed E-state index contributed by atoms with van der Waals surface area (Å²) < 4.78 is 0. The Morgan fingerprint density at radius 1 is 1.24 bits per heavy atom. The summed E-state index contributed by atoms with van der Waals surface area (Å²) in [5.41, 5.74) is 5.85. The Bertz CT molecular complexity index is 245. The highest BCUT2D eigenvalue weighted by atomic mass is 16.2. The van der Waals surface area contributed by atoms with E-state index in [-0.39, 0.29) is 5.91 Å². The van der Waals surface area contributed by atoms with E-state index in [1.807, 2.05) is 0 Å². The van der Waals surface area contributed by atoms with Gasteiger partial charge in [-0.1, -0.05) is 0 Å². The molecule has 0 spiro atoms. The number of nitrogens with one attached hydrogen (secondary N) is 2. The Kier molecular flexibility index (Phi) is 4.76. The molecule has 0 unspecified atom stereocenters. The van der Waals surface area contributed by atoms with Gasteiger partial charge in [0, 0.05) is 38.3 Å². The third kappa shape index (κ3) is 4.26. The van der Waals surface area contributed by atoms with Gasteiger partial charge in [0.05, 0.1) is 6.54 Å². The maximum Gasteiger partial charge on any atom is 0.234 e. The van der Waals surface area contributed by atoms with E-state index in [1.54, 1.807) is 0 Å². The molecule has 5 heteroatoms. The highest BCUT2D eigenvalue weighted by Crippen LogP contribution is 2.16. The lowest BCUT2D eigenvalue weighted by Crippen LogP contribution is -2.49. The van der Waals surface area contributed by atoms with E-state index < -0.39 is 0 Å². The molecule has 4 N–H and O–H groups in total. The third-order valence-electron chi connectivity index (χ3n) is 3.71. The van der Waals surface area contributed by atoms with E-state index in [1.165, 1.54) is 0 Å². The van der Waals surface area contributed by atoms with Gasteiger partial charge in [0.2, 0.25) is 5.91 Å². The fourth-order valence-corrected chi connectivity index (χ4v) is 2.61. The molecule has 1 heterocycles. The topological polar surface area (TPSA) is 70.4 Å². The predicted molar refractivity (Wildman–Crippen MR) is 67.7 cm³/mol. The summed E-state index contributed by atoms with van der Waals surface area (Å²) in [4.78, 5) is 14.1. The van der Waals surface area contributed by atoms with Crippen molar-refractivity contribution >= 4 is 5.91 Å². The Labute approximate surface area is 103 Å². The summed E-state index contributed by atoms with van der Waals surface area (Å²) in [7, 11) is 0. The maximum absolute atomic E-state index is 11.9. The predicted octanol–water partition coefficient (Wildman–Crippen LogP) is -0.722. The van der Waals surface area contributed by atoms with E-state index in [2.05, 4.69) is 15.5 Å². The van der Waals surface area contributed by atoms with Gasteiger partial charge in [0.25, 0.3) is 0 Å². The van der Waals surface area contributed by atoms with Crippen LogP contribution in [0.3, 0.4) is 0 Å². The Morgan fingerprint density at radius 2 is 1.88 bits per heavy atom. The first-order chi connectivity index (χ1) is 8.24. The molecule has 2 fully saturated rings. The minimum Gasteiger partial charge on any atom is -0.352 e. The van der Waals surface area contributed by atoms with Crippen LogP contribution in [0.2, 0.25) is 0 Å². The first-order valence-electron chi connectivity index (χ1n) is 6.72. The fraction of sp³-hybridized carbons (Fsp3) is 0.917. The summed E-state index contributed by atoms with van der Waals surface area (Å²) in [5, 5.41) is 6.42. The number of nitrogens with two attached hydrogens (primary N) is 1. The molecule has 0 aromatic heterocycles. The number of hydrogen-bond donors (Lipinski definition) is 3. The van der Waals surface area contributed by atoms with Crippen molar-refractivity contribution in [3.05, 3.63) is 0 Å². The zero-order valence-electron chi connectivity index (χ0n) is 10.5. The molecule has 98 valence electrons. The molecular weight excluding hydrogens is 216 g/mol. The molecule has 1 aliphatic carbocycles. The first kappa shape index (κ1) is 12.8. The van der Waals surface area contributed by atoms with Crippen molar-refractivity contribution in [3.63, 3.8) is 0 Å². The van der Waals surface area contributed by atoms with Crippen LogP contribution in [-0.4, -0.2) is 55.6 Å². The average Bonchev–Trinajstić information content (AvgIpc) is 2.33. The van der Waals surface area contributed by atoms with Crippen LogP contribution in [0.25, 0.3) is 0 Å². The summed E-state index contributed by atoms with van der Waals surface area (Å²) in [5.74, 6) is 0.173. The van der Waals surface area contributed by atoms with Gasteiger partial charge in [0.1, 0.15) is 0 Å². The molecule has 1 saturated heterocycles. The standard InChI is InChI=1S/C12H24N4O/c13-10-1-3-11(4-2-10)15-12(17)9-16-7-5-14-6-8-16/h10-11,14H,1-9,13H2,(H,15,17). The van der Waals surface area contributed by atoms with Crippen molar-refractivity contribution in [2.75, 3.05) is 32.7 Å². The Balaban J connectivity index is 1.66. The summed E-state index contributed by atoms with van der Waals surface area (Å²) in [6, 6.07) is 0.696. The van der Waals surface area contributed by atoms with Crippen molar-refractivity contribution in [2.24, 2.45) is 5.73 Å². The zero-order chi connectivity index (χ0) is 12.1. The van der Waals surface area contributed by atoms with Crippen molar-refractivity contribution in [1.29, 1.82) is 0 Å². The van der Waals surface area contributed by atoms with Gasteiger partial charge in [-0.2, -0.15) is 0 Å². The van der Waals surface area contributed by atoms with Crippen LogP contribution in [-0.2, 0) is 4.79 Å². The number of carbonyl (C=O) groups excluding carboxylic acids is 1. The molecule has 0 bridgehead atoms. The molecule has 0 atom stereocenters. The lowest BCUT2D eigenvalue weighted by Gasteiger charge is -2.29. The number of nitrogens with zero attached hydrogens (tertiary/aromatic N) is 1. The highest BCUT2D eigenvalue weighted by molar-refractivity contribution is 5.78. The van der Waals surface area contributed by atoms with Gasteiger partial charge in [-0.25, -0.2) is 0 Å². The van der Waals surface area contributed by atoms with E-state index in [9.17, 15) is 4.79 Å². The second-order valence-electron chi connectivity index (χ2n) is 5.21. The van der Waals surface area contributed by atoms with E-state index in [0.717, 1.165) is 51.9 Å². The molecule has 1 amide bonds. The van der Waals surface area contributed by atoms with Gasteiger partial charge < -0.3 is 16.4 Å². The van der Waals surface area contributed by atoms with Gasteiger partial charge in [0.15, 0.2) is 0 Å².